The zero-order chi connectivity index (χ0) is 8.65. The average molecular weight is 198 g/mol. The summed E-state index contributed by atoms with van der Waals surface area (Å²) < 4.78 is 0. The summed E-state index contributed by atoms with van der Waals surface area (Å²) in [4.78, 5) is 0. The molecule has 0 spiro atoms. The van der Waals surface area contributed by atoms with Gasteiger partial charge in [0.05, 0.1) is 11.7 Å². The van der Waals surface area contributed by atoms with Crippen LogP contribution in [0.1, 0.15) is 13.3 Å². The lowest BCUT2D eigenvalue weighted by atomic mass is 9.92. The molecule has 1 aliphatic rings. The highest BCUT2D eigenvalue weighted by molar-refractivity contribution is 5.85. The maximum Gasteiger partial charge on any atom is 0.0978 e. The molecule has 5 heteroatoms. The van der Waals surface area contributed by atoms with E-state index in [9.17, 15) is 10.2 Å². The lowest BCUT2D eigenvalue weighted by molar-refractivity contribution is -0.0794. The van der Waals surface area contributed by atoms with Gasteiger partial charge >= 0.3 is 0 Å². The average Bonchev–Trinajstić information content (AvgIpc) is 2.13. The molecule has 0 unspecified atom stereocenters. The van der Waals surface area contributed by atoms with E-state index in [0.717, 1.165) is 0 Å². The van der Waals surface area contributed by atoms with Gasteiger partial charge in [0.1, 0.15) is 0 Å². The Morgan fingerprint density at radius 3 is 2.25 bits per heavy atom. The Balaban J connectivity index is 0.00000121. The van der Waals surface area contributed by atoms with Gasteiger partial charge in [0.25, 0.3) is 0 Å². The molecule has 0 aromatic heterocycles. The van der Waals surface area contributed by atoms with E-state index in [1.807, 2.05) is 0 Å². The van der Waals surface area contributed by atoms with Crippen LogP contribution in [0.3, 0.4) is 0 Å². The molecule has 12 heavy (non-hydrogen) atoms. The van der Waals surface area contributed by atoms with Crippen molar-refractivity contribution in [1.82, 2.24) is 0 Å². The van der Waals surface area contributed by atoms with E-state index in [1.165, 1.54) is 6.92 Å². The van der Waals surface area contributed by atoms with Gasteiger partial charge in [-0.2, -0.15) is 0 Å². The van der Waals surface area contributed by atoms with Crippen LogP contribution in [0, 0.1) is 5.92 Å². The highest BCUT2D eigenvalue weighted by atomic mass is 35.5. The predicted octanol–water partition coefficient (Wildman–Crippen LogP) is -1.14. The maximum atomic E-state index is 9.60. The van der Waals surface area contributed by atoms with Gasteiger partial charge < -0.3 is 21.1 Å². The van der Waals surface area contributed by atoms with Crippen LogP contribution in [0.2, 0.25) is 0 Å². The molecule has 0 aliphatic heterocycles. The van der Waals surface area contributed by atoms with Crippen LogP contribution >= 0.6 is 12.4 Å². The Morgan fingerprint density at radius 1 is 1.58 bits per heavy atom. The Bertz CT molecular complexity index is 154. The summed E-state index contributed by atoms with van der Waals surface area (Å²) >= 11 is 0. The lowest BCUT2D eigenvalue weighted by Crippen LogP contribution is -2.45. The molecule has 0 heterocycles. The number of hydrogen-bond acceptors (Lipinski definition) is 4. The van der Waals surface area contributed by atoms with E-state index in [0.29, 0.717) is 6.42 Å². The first-order chi connectivity index (χ1) is 5.00. The SMILES string of the molecule is C[C@@]1(O)[C@@H](CO)C[C@@H](N)[C@@H]1O.Cl. The van der Waals surface area contributed by atoms with E-state index in [1.54, 1.807) is 0 Å². The van der Waals surface area contributed by atoms with Crippen LogP contribution in [0.25, 0.3) is 0 Å². The zero-order valence-electron chi connectivity index (χ0n) is 6.97. The summed E-state index contributed by atoms with van der Waals surface area (Å²) in [5.41, 5.74) is 4.27. The van der Waals surface area contributed by atoms with Gasteiger partial charge in [-0.05, 0) is 13.3 Å². The number of halogens is 1. The largest absolute Gasteiger partial charge is 0.396 e. The van der Waals surface area contributed by atoms with Crippen molar-refractivity contribution in [3.05, 3.63) is 0 Å². The number of aliphatic hydroxyl groups excluding tert-OH is 2. The van der Waals surface area contributed by atoms with E-state index in [-0.39, 0.29) is 24.9 Å². The summed E-state index contributed by atoms with van der Waals surface area (Å²) in [5, 5.41) is 27.8. The van der Waals surface area contributed by atoms with Crippen molar-refractivity contribution in [3.63, 3.8) is 0 Å². The molecule has 1 rings (SSSR count). The number of aliphatic hydroxyl groups is 3. The van der Waals surface area contributed by atoms with Crippen LogP contribution in [0.4, 0.5) is 0 Å². The van der Waals surface area contributed by atoms with Gasteiger partial charge in [0.15, 0.2) is 0 Å². The van der Waals surface area contributed by atoms with Gasteiger partial charge in [-0.15, -0.1) is 12.4 Å². The first-order valence-corrected chi connectivity index (χ1v) is 3.77. The second-order valence-corrected chi connectivity index (χ2v) is 3.45. The fraction of sp³-hybridized carbons (Fsp3) is 1.00. The van der Waals surface area contributed by atoms with E-state index in [2.05, 4.69) is 0 Å². The highest BCUT2D eigenvalue weighted by Crippen LogP contribution is 2.34. The molecular weight excluding hydrogens is 182 g/mol. The lowest BCUT2D eigenvalue weighted by Gasteiger charge is -2.27. The molecule has 0 radical (unpaired) electrons. The fourth-order valence-electron chi connectivity index (χ4n) is 1.63. The zero-order valence-corrected chi connectivity index (χ0v) is 7.79. The van der Waals surface area contributed by atoms with Crippen molar-refractivity contribution >= 4 is 12.4 Å². The van der Waals surface area contributed by atoms with Crippen LogP contribution in [0.5, 0.6) is 0 Å². The first-order valence-electron chi connectivity index (χ1n) is 3.77. The van der Waals surface area contributed by atoms with Crippen molar-refractivity contribution in [3.8, 4) is 0 Å². The van der Waals surface area contributed by atoms with Crippen molar-refractivity contribution < 1.29 is 15.3 Å². The van der Waals surface area contributed by atoms with E-state index in [4.69, 9.17) is 10.8 Å². The molecule has 1 saturated carbocycles. The molecule has 0 aromatic rings. The Morgan fingerprint density at radius 2 is 2.08 bits per heavy atom. The third kappa shape index (κ3) is 1.72. The number of nitrogens with two attached hydrogens (primary N) is 1. The smallest absolute Gasteiger partial charge is 0.0978 e. The minimum Gasteiger partial charge on any atom is -0.396 e. The normalized spacial score (nSPS) is 47.2. The second kappa shape index (κ2) is 3.89. The molecular formula is C7H16ClNO3. The molecule has 4 atom stereocenters. The third-order valence-electron chi connectivity index (χ3n) is 2.61. The van der Waals surface area contributed by atoms with Crippen molar-refractivity contribution in [2.45, 2.75) is 31.1 Å². The van der Waals surface area contributed by atoms with Crippen molar-refractivity contribution in [2.24, 2.45) is 11.7 Å². The second-order valence-electron chi connectivity index (χ2n) is 3.45. The monoisotopic (exact) mass is 197 g/mol. The molecule has 1 fully saturated rings. The standard InChI is InChI=1S/C7H15NO3.ClH/c1-7(11)4(3-9)2-5(8)6(7)10;/h4-6,9-11H,2-3,8H2,1H3;1H/t4-,5-,6+,7-;/m1./s1. The van der Waals surface area contributed by atoms with Gasteiger partial charge in [-0.25, -0.2) is 0 Å². The fourth-order valence-corrected chi connectivity index (χ4v) is 1.63. The third-order valence-corrected chi connectivity index (χ3v) is 2.61. The van der Waals surface area contributed by atoms with Gasteiger partial charge in [-0.1, -0.05) is 0 Å². The Hall–Kier alpha value is 0.130. The topological polar surface area (TPSA) is 86.7 Å². The van der Waals surface area contributed by atoms with Gasteiger partial charge in [-0.3, -0.25) is 0 Å². The minimum atomic E-state index is -1.23. The molecule has 4 nitrogen and oxygen atoms in total. The van der Waals surface area contributed by atoms with Crippen molar-refractivity contribution in [1.29, 1.82) is 0 Å². The summed E-state index contributed by atoms with van der Waals surface area (Å²) in [5.74, 6) is -0.299. The highest BCUT2D eigenvalue weighted by Gasteiger charge is 2.48. The van der Waals surface area contributed by atoms with E-state index >= 15 is 0 Å². The Kier molecular flexibility index (Phi) is 3.93. The van der Waals surface area contributed by atoms with Gasteiger partial charge in [0.2, 0.25) is 0 Å². The summed E-state index contributed by atoms with van der Waals surface area (Å²) in [6.45, 7) is 1.38. The molecule has 0 saturated heterocycles. The molecule has 0 bridgehead atoms. The molecule has 0 amide bonds. The molecule has 74 valence electrons. The number of hydrogen-bond donors (Lipinski definition) is 4. The molecule has 1 aliphatic carbocycles. The van der Waals surface area contributed by atoms with Crippen molar-refractivity contribution in [2.75, 3.05) is 6.61 Å². The summed E-state index contributed by atoms with van der Waals surface area (Å²) in [6, 6.07) is -0.415. The van der Waals surface area contributed by atoms with Crippen LogP contribution in [-0.4, -0.2) is 39.7 Å². The van der Waals surface area contributed by atoms with Crippen LogP contribution < -0.4 is 5.73 Å². The first kappa shape index (κ1) is 12.1. The van der Waals surface area contributed by atoms with E-state index < -0.39 is 17.7 Å². The number of rotatable bonds is 1. The molecule has 0 aromatic carbocycles. The van der Waals surface area contributed by atoms with Gasteiger partial charge in [0, 0.05) is 18.6 Å². The van der Waals surface area contributed by atoms with Crippen LogP contribution in [-0.2, 0) is 0 Å². The predicted molar refractivity (Wildman–Crippen MR) is 47.0 cm³/mol. The Labute approximate surface area is 77.8 Å². The minimum absolute atomic E-state index is 0. The van der Waals surface area contributed by atoms with Crippen LogP contribution in [0.15, 0.2) is 0 Å². The quantitative estimate of drug-likeness (QED) is 0.428. The maximum absolute atomic E-state index is 9.60. The summed E-state index contributed by atoms with van der Waals surface area (Å²) in [6.07, 6.45) is -0.440. The summed E-state index contributed by atoms with van der Waals surface area (Å²) in [7, 11) is 0. The molecule has 5 N–H and O–H groups in total.